The highest BCUT2D eigenvalue weighted by Gasteiger charge is 2.76. The number of fused-ring (bicyclic) bond motifs is 3. The fourth-order valence-electron chi connectivity index (χ4n) is 7.08. The van der Waals surface area contributed by atoms with E-state index in [9.17, 15) is 24.6 Å². The molecule has 2 fully saturated rings. The molecule has 186 valence electrons. The van der Waals surface area contributed by atoms with E-state index >= 15 is 0 Å². The van der Waals surface area contributed by atoms with Crippen LogP contribution in [0.1, 0.15) is 54.9 Å². The lowest BCUT2D eigenvalue weighted by atomic mass is 9.59. The molecule has 0 saturated heterocycles. The van der Waals surface area contributed by atoms with Gasteiger partial charge in [-0.05, 0) is 61.5 Å². The number of esters is 2. The summed E-state index contributed by atoms with van der Waals surface area (Å²) >= 11 is 0. The molecular formula is C27H36O7. The number of ketones is 1. The van der Waals surface area contributed by atoms with Crippen LogP contribution < -0.4 is 0 Å². The molecule has 7 nitrogen and oxygen atoms in total. The van der Waals surface area contributed by atoms with Crippen molar-refractivity contribution in [3.8, 4) is 0 Å². The fourth-order valence-corrected chi connectivity index (χ4v) is 7.08. The molecule has 4 aliphatic rings. The van der Waals surface area contributed by atoms with Crippen molar-refractivity contribution in [1.82, 2.24) is 0 Å². The van der Waals surface area contributed by atoms with E-state index in [2.05, 4.69) is 13.8 Å². The molecule has 2 saturated carbocycles. The molecule has 7 heteroatoms. The summed E-state index contributed by atoms with van der Waals surface area (Å²) in [6.07, 6.45) is 2.96. The Morgan fingerprint density at radius 2 is 1.91 bits per heavy atom. The number of Topliss-reactive ketones (excluding diaryl/α,β-unsaturated/α-hetero) is 1. The summed E-state index contributed by atoms with van der Waals surface area (Å²) < 4.78 is 11.0. The Hall–Kier alpha value is -2.25. The van der Waals surface area contributed by atoms with Crippen LogP contribution in [0.15, 0.2) is 34.9 Å². The zero-order valence-corrected chi connectivity index (χ0v) is 21.0. The van der Waals surface area contributed by atoms with Gasteiger partial charge in [-0.2, -0.15) is 0 Å². The number of hydrogen-bond donors (Lipinski definition) is 2. The van der Waals surface area contributed by atoms with Gasteiger partial charge < -0.3 is 19.7 Å². The van der Waals surface area contributed by atoms with E-state index < -0.39 is 41.1 Å². The average molecular weight is 473 g/mol. The van der Waals surface area contributed by atoms with Crippen LogP contribution in [0.3, 0.4) is 0 Å². The summed E-state index contributed by atoms with van der Waals surface area (Å²) in [6, 6.07) is 0. The number of allylic oxidation sites excluding steroid dienone is 2. The molecule has 2 N–H and O–H groups in total. The Kier molecular flexibility index (Phi) is 5.77. The second kappa shape index (κ2) is 7.89. The molecule has 0 aromatic rings. The van der Waals surface area contributed by atoms with Gasteiger partial charge in [0.1, 0.15) is 12.7 Å². The monoisotopic (exact) mass is 472 g/mol. The lowest BCUT2D eigenvalue weighted by Gasteiger charge is -2.48. The normalized spacial score (nSPS) is 42.4. The second-order valence-electron chi connectivity index (χ2n) is 11.2. The maximum atomic E-state index is 14.4. The van der Waals surface area contributed by atoms with Crippen molar-refractivity contribution in [2.45, 2.75) is 72.7 Å². The SMILES string of the molecule is CC=C(C)C(=O)O[C@H]1C(C)=C[C@]23C(=O)[C@@H](C=C(COC(C)=O)[C@@H](O)[C@]12O)[C@H]1[C@@H](C[C@H]3C)C1(C)C. The lowest BCUT2D eigenvalue weighted by Crippen LogP contribution is -2.65. The van der Waals surface area contributed by atoms with E-state index in [1.807, 2.05) is 6.92 Å². The molecule has 8 atom stereocenters. The average Bonchev–Trinajstić information content (AvgIpc) is 3.26. The predicted octanol–water partition coefficient (Wildman–Crippen LogP) is 2.90. The Morgan fingerprint density at radius 3 is 2.50 bits per heavy atom. The van der Waals surface area contributed by atoms with E-state index in [0.29, 0.717) is 17.6 Å². The third kappa shape index (κ3) is 3.12. The third-order valence-corrected chi connectivity index (χ3v) is 9.14. The van der Waals surface area contributed by atoms with E-state index in [-0.39, 0.29) is 41.1 Å². The lowest BCUT2D eigenvalue weighted by molar-refractivity contribution is -0.201. The Bertz CT molecular complexity index is 1030. The topological polar surface area (TPSA) is 110 Å². The zero-order chi connectivity index (χ0) is 25.4. The number of carbonyl (C=O) groups is 3. The molecule has 2 bridgehead atoms. The first kappa shape index (κ1) is 24.9. The van der Waals surface area contributed by atoms with Gasteiger partial charge in [0.15, 0.2) is 17.5 Å². The first-order valence-electron chi connectivity index (χ1n) is 12.1. The Balaban J connectivity index is 1.90. The number of aliphatic hydroxyl groups excluding tert-OH is 1. The minimum Gasteiger partial charge on any atom is -0.461 e. The summed E-state index contributed by atoms with van der Waals surface area (Å²) in [5, 5.41) is 24.1. The van der Waals surface area contributed by atoms with Gasteiger partial charge in [0.25, 0.3) is 0 Å². The van der Waals surface area contributed by atoms with E-state index in [4.69, 9.17) is 9.47 Å². The third-order valence-electron chi connectivity index (χ3n) is 9.14. The number of aliphatic hydroxyl groups is 2. The van der Waals surface area contributed by atoms with E-state index in [1.54, 1.807) is 39.0 Å². The Morgan fingerprint density at radius 1 is 1.26 bits per heavy atom. The molecule has 0 heterocycles. The van der Waals surface area contributed by atoms with Crippen molar-refractivity contribution in [3.63, 3.8) is 0 Å². The molecule has 0 aromatic heterocycles. The number of rotatable bonds is 4. The maximum absolute atomic E-state index is 14.4. The van der Waals surface area contributed by atoms with Crippen molar-refractivity contribution in [3.05, 3.63) is 34.9 Å². The number of carbonyl (C=O) groups excluding carboxylic acids is 3. The van der Waals surface area contributed by atoms with Crippen LogP contribution in [0.4, 0.5) is 0 Å². The van der Waals surface area contributed by atoms with Crippen molar-refractivity contribution < 1.29 is 34.1 Å². The molecule has 0 aromatic carbocycles. The minimum absolute atomic E-state index is 0.0566. The van der Waals surface area contributed by atoms with Crippen molar-refractivity contribution in [2.24, 2.45) is 34.5 Å². The zero-order valence-electron chi connectivity index (χ0n) is 21.0. The summed E-state index contributed by atoms with van der Waals surface area (Å²) in [4.78, 5) is 38.7. The van der Waals surface area contributed by atoms with Crippen LogP contribution in [0.2, 0.25) is 0 Å². The molecular weight excluding hydrogens is 436 g/mol. The summed E-state index contributed by atoms with van der Waals surface area (Å²) in [7, 11) is 0. The molecule has 0 radical (unpaired) electrons. The highest BCUT2D eigenvalue weighted by Crippen LogP contribution is 2.71. The predicted molar refractivity (Wildman–Crippen MR) is 124 cm³/mol. The molecule has 0 unspecified atom stereocenters. The second-order valence-corrected chi connectivity index (χ2v) is 11.2. The molecule has 1 spiro atoms. The van der Waals surface area contributed by atoms with Gasteiger partial charge in [0, 0.05) is 18.4 Å². The van der Waals surface area contributed by atoms with Gasteiger partial charge in [0.2, 0.25) is 0 Å². The van der Waals surface area contributed by atoms with Gasteiger partial charge in [-0.15, -0.1) is 0 Å². The number of ether oxygens (including phenoxy) is 2. The van der Waals surface area contributed by atoms with Crippen LogP contribution in [0.5, 0.6) is 0 Å². The Labute approximate surface area is 200 Å². The molecule has 4 aliphatic carbocycles. The van der Waals surface area contributed by atoms with Crippen LogP contribution in [-0.2, 0) is 23.9 Å². The highest BCUT2D eigenvalue weighted by atomic mass is 16.6. The van der Waals surface area contributed by atoms with Crippen LogP contribution in [0, 0.1) is 34.5 Å². The molecule has 0 aliphatic heterocycles. The largest absolute Gasteiger partial charge is 0.461 e. The molecule has 0 amide bonds. The highest BCUT2D eigenvalue weighted by molar-refractivity contribution is 5.96. The van der Waals surface area contributed by atoms with Crippen LogP contribution in [-0.4, -0.2) is 52.4 Å². The van der Waals surface area contributed by atoms with Gasteiger partial charge in [-0.1, -0.05) is 39.0 Å². The van der Waals surface area contributed by atoms with Crippen molar-refractivity contribution in [2.75, 3.05) is 6.61 Å². The quantitative estimate of drug-likeness (QED) is 0.368. The first-order chi connectivity index (χ1) is 15.7. The first-order valence-corrected chi connectivity index (χ1v) is 12.1. The van der Waals surface area contributed by atoms with Crippen molar-refractivity contribution >= 4 is 17.7 Å². The van der Waals surface area contributed by atoms with Gasteiger partial charge in [-0.25, -0.2) is 4.79 Å². The minimum atomic E-state index is -2.13. The van der Waals surface area contributed by atoms with E-state index in [0.717, 1.165) is 0 Å². The summed E-state index contributed by atoms with van der Waals surface area (Å²) in [6.45, 7) is 12.3. The van der Waals surface area contributed by atoms with E-state index in [1.165, 1.54) is 6.92 Å². The maximum Gasteiger partial charge on any atom is 0.334 e. The smallest absolute Gasteiger partial charge is 0.334 e. The molecule has 4 rings (SSSR count). The van der Waals surface area contributed by atoms with Gasteiger partial charge in [-0.3, -0.25) is 9.59 Å². The van der Waals surface area contributed by atoms with Gasteiger partial charge in [0.05, 0.1) is 5.41 Å². The molecule has 34 heavy (non-hydrogen) atoms. The standard InChI is InChI=1S/C27H36O7/c1-8-13(2)24(31)34-23-14(3)11-26-15(4)9-19-20(25(19,6)7)18(22(26)30)10-17(12-33-16(5)28)21(29)27(23,26)32/h8,10-11,15,18-21,23,29,32H,9,12H2,1-7H3/t15-,18+,19-,20+,21-,23+,26+,27+/m1/s1. The summed E-state index contributed by atoms with van der Waals surface area (Å²) in [5.74, 6) is -1.83. The van der Waals surface area contributed by atoms with Gasteiger partial charge >= 0.3 is 11.9 Å². The van der Waals surface area contributed by atoms with Crippen molar-refractivity contribution in [1.29, 1.82) is 0 Å². The number of hydrogen-bond acceptors (Lipinski definition) is 7. The van der Waals surface area contributed by atoms with Crippen LogP contribution >= 0.6 is 0 Å². The van der Waals surface area contributed by atoms with Crippen LogP contribution in [0.25, 0.3) is 0 Å². The fraction of sp³-hybridized carbons (Fsp3) is 0.667. The summed E-state index contributed by atoms with van der Waals surface area (Å²) in [5.41, 5.74) is -2.47.